The van der Waals surface area contributed by atoms with Gasteiger partial charge in [-0.3, -0.25) is 0 Å². The van der Waals surface area contributed by atoms with E-state index in [1.54, 1.807) is 13.8 Å². The molecule has 0 N–H and O–H groups in total. The zero-order chi connectivity index (χ0) is 11.6. The summed E-state index contributed by atoms with van der Waals surface area (Å²) >= 11 is 0. The van der Waals surface area contributed by atoms with Crippen LogP contribution in [0.4, 0.5) is 13.2 Å². The van der Waals surface area contributed by atoms with E-state index in [0.717, 1.165) is 5.56 Å². The molecule has 0 fully saturated rings. The van der Waals surface area contributed by atoms with Crippen molar-refractivity contribution in [2.24, 2.45) is 5.92 Å². The summed E-state index contributed by atoms with van der Waals surface area (Å²) in [4.78, 5) is 0. The quantitative estimate of drug-likeness (QED) is 0.746. The molecule has 1 atom stereocenters. The van der Waals surface area contributed by atoms with Gasteiger partial charge >= 0.3 is 6.18 Å². The lowest BCUT2D eigenvalue weighted by Gasteiger charge is -2.21. The Balaban J connectivity index is 2.99. The first kappa shape index (κ1) is 12.1. The van der Waals surface area contributed by atoms with Gasteiger partial charge in [0.2, 0.25) is 0 Å². The van der Waals surface area contributed by atoms with E-state index in [1.165, 1.54) is 12.3 Å². The summed E-state index contributed by atoms with van der Waals surface area (Å²) in [5.41, 5.74) is 0.805. The molecular formula is C11H15F3O. The Kier molecular flexibility index (Phi) is 3.47. The fraction of sp³-hybridized carbons (Fsp3) is 0.636. The van der Waals surface area contributed by atoms with Gasteiger partial charge in [0.05, 0.1) is 6.26 Å². The predicted molar refractivity (Wildman–Crippen MR) is 51.7 cm³/mol. The smallest absolute Gasteiger partial charge is 0.399 e. The van der Waals surface area contributed by atoms with E-state index < -0.39 is 18.0 Å². The number of furan rings is 1. The van der Waals surface area contributed by atoms with E-state index in [2.05, 4.69) is 0 Å². The topological polar surface area (TPSA) is 13.1 Å². The SMILES string of the molecule is CCc1coc([C@H](C(C)C)C(F)(F)F)c1. The van der Waals surface area contributed by atoms with Crippen molar-refractivity contribution in [1.29, 1.82) is 0 Å². The molecule has 0 spiro atoms. The van der Waals surface area contributed by atoms with E-state index in [9.17, 15) is 13.2 Å². The van der Waals surface area contributed by atoms with Crippen molar-refractivity contribution < 1.29 is 17.6 Å². The number of rotatable bonds is 3. The van der Waals surface area contributed by atoms with Gasteiger partial charge in [-0.1, -0.05) is 20.8 Å². The maximum Gasteiger partial charge on any atom is 0.399 e. The third kappa shape index (κ3) is 2.76. The Hall–Kier alpha value is -0.930. The highest BCUT2D eigenvalue weighted by Gasteiger charge is 2.44. The van der Waals surface area contributed by atoms with Crippen LogP contribution in [0.5, 0.6) is 0 Å². The van der Waals surface area contributed by atoms with Crippen molar-refractivity contribution in [2.75, 3.05) is 0 Å². The molecule has 4 heteroatoms. The van der Waals surface area contributed by atoms with Crippen molar-refractivity contribution >= 4 is 0 Å². The predicted octanol–water partition coefficient (Wildman–Crippen LogP) is 4.14. The minimum atomic E-state index is -4.24. The highest BCUT2D eigenvalue weighted by atomic mass is 19.4. The molecule has 86 valence electrons. The molecule has 0 aromatic carbocycles. The first-order valence-corrected chi connectivity index (χ1v) is 5.00. The van der Waals surface area contributed by atoms with Crippen LogP contribution >= 0.6 is 0 Å². The molecule has 1 nitrogen and oxygen atoms in total. The summed E-state index contributed by atoms with van der Waals surface area (Å²) in [5, 5.41) is 0. The molecule has 1 heterocycles. The van der Waals surface area contributed by atoms with Gasteiger partial charge in [-0.25, -0.2) is 0 Å². The molecule has 1 rings (SSSR count). The Bertz CT molecular complexity index is 312. The van der Waals surface area contributed by atoms with Crippen LogP contribution in [0.3, 0.4) is 0 Å². The number of hydrogen-bond acceptors (Lipinski definition) is 1. The first-order chi connectivity index (χ1) is 6.86. The van der Waals surface area contributed by atoms with Crippen LogP contribution < -0.4 is 0 Å². The van der Waals surface area contributed by atoms with Crippen molar-refractivity contribution in [3.63, 3.8) is 0 Å². The second-order valence-corrected chi connectivity index (χ2v) is 3.97. The third-order valence-electron chi connectivity index (χ3n) is 2.41. The van der Waals surface area contributed by atoms with Crippen LogP contribution in [0.2, 0.25) is 0 Å². The minimum Gasteiger partial charge on any atom is -0.468 e. The molecule has 1 aromatic rings. The maximum atomic E-state index is 12.7. The lowest BCUT2D eigenvalue weighted by Crippen LogP contribution is -2.25. The van der Waals surface area contributed by atoms with Crippen molar-refractivity contribution in [2.45, 2.75) is 39.3 Å². The van der Waals surface area contributed by atoms with E-state index in [-0.39, 0.29) is 5.76 Å². The normalized spacial score (nSPS) is 14.6. The fourth-order valence-electron chi connectivity index (χ4n) is 1.61. The van der Waals surface area contributed by atoms with Crippen molar-refractivity contribution in [3.8, 4) is 0 Å². The molecule has 0 amide bonds. The van der Waals surface area contributed by atoms with Gasteiger partial charge in [-0.2, -0.15) is 13.2 Å². The zero-order valence-electron chi connectivity index (χ0n) is 9.06. The standard InChI is InChI=1S/C11H15F3O/c1-4-8-5-9(15-6-8)10(7(2)3)11(12,13)14/h5-7,10H,4H2,1-3H3/t10-/m0/s1. The second kappa shape index (κ2) is 4.29. The molecule has 0 aliphatic heterocycles. The molecule has 15 heavy (non-hydrogen) atoms. The molecule has 0 bridgehead atoms. The van der Waals surface area contributed by atoms with Crippen LogP contribution in [-0.2, 0) is 6.42 Å². The van der Waals surface area contributed by atoms with Gasteiger partial charge in [0.25, 0.3) is 0 Å². The van der Waals surface area contributed by atoms with Gasteiger partial charge < -0.3 is 4.42 Å². The highest BCUT2D eigenvalue weighted by Crippen LogP contribution is 2.40. The van der Waals surface area contributed by atoms with Crippen LogP contribution in [-0.4, -0.2) is 6.18 Å². The Labute approximate surface area is 87.3 Å². The van der Waals surface area contributed by atoms with Gasteiger partial charge in [-0.15, -0.1) is 0 Å². The largest absolute Gasteiger partial charge is 0.468 e. The number of hydrogen-bond donors (Lipinski definition) is 0. The molecular weight excluding hydrogens is 205 g/mol. The number of aryl methyl sites for hydroxylation is 1. The number of halogens is 3. The van der Waals surface area contributed by atoms with Gasteiger partial charge in [0.15, 0.2) is 0 Å². The van der Waals surface area contributed by atoms with Crippen LogP contribution in [0.25, 0.3) is 0 Å². The molecule has 0 saturated carbocycles. The first-order valence-electron chi connectivity index (χ1n) is 5.00. The van der Waals surface area contributed by atoms with E-state index in [1.807, 2.05) is 6.92 Å². The summed E-state index contributed by atoms with van der Waals surface area (Å²) in [6, 6.07) is 1.50. The van der Waals surface area contributed by atoms with Gasteiger partial charge in [-0.05, 0) is 24.0 Å². The van der Waals surface area contributed by atoms with E-state index >= 15 is 0 Å². The summed E-state index contributed by atoms with van der Waals surface area (Å²) in [6.45, 7) is 4.98. The monoisotopic (exact) mass is 220 g/mol. The minimum absolute atomic E-state index is 0.0225. The Morgan fingerprint density at radius 1 is 1.33 bits per heavy atom. The molecule has 1 aromatic heterocycles. The summed E-state index contributed by atoms with van der Waals surface area (Å²) in [5.74, 6) is -1.99. The van der Waals surface area contributed by atoms with Crippen LogP contribution in [0.15, 0.2) is 16.7 Å². The van der Waals surface area contributed by atoms with Crippen LogP contribution in [0.1, 0.15) is 38.0 Å². The summed E-state index contributed by atoms with van der Waals surface area (Å²) in [6.07, 6.45) is -2.15. The maximum absolute atomic E-state index is 12.7. The third-order valence-corrected chi connectivity index (χ3v) is 2.41. The summed E-state index contributed by atoms with van der Waals surface area (Å²) in [7, 11) is 0. The van der Waals surface area contributed by atoms with Crippen LogP contribution in [0, 0.1) is 5.92 Å². The van der Waals surface area contributed by atoms with Crippen molar-refractivity contribution in [3.05, 3.63) is 23.7 Å². The van der Waals surface area contributed by atoms with E-state index in [0.29, 0.717) is 6.42 Å². The Morgan fingerprint density at radius 2 is 1.93 bits per heavy atom. The molecule has 0 aliphatic carbocycles. The fourth-order valence-corrected chi connectivity index (χ4v) is 1.61. The zero-order valence-corrected chi connectivity index (χ0v) is 9.06. The van der Waals surface area contributed by atoms with Crippen molar-refractivity contribution in [1.82, 2.24) is 0 Å². The van der Waals surface area contributed by atoms with Gasteiger partial charge in [0, 0.05) is 0 Å². The lowest BCUT2D eigenvalue weighted by atomic mass is 9.92. The van der Waals surface area contributed by atoms with E-state index in [4.69, 9.17) is 4.42 Å². The molecule has 0 aliphatic rings. The average Bonchev–Trinajstić information content (AvgIpc) is 2.49. The highest BCUT2D eigenvalue weighted by molar-refractivity contribution is 5.17. The lowest BCUT2D eigenvalue weighted by molar-refractivity contribution is -0.163. The average molecular weight is 220 g/mol. The van der Waals surface area contributed by atoms with Gasteiger partial charge in [0.1, 0.15) is 11.7 Å². The molecule has 0 unspecified atom stereocenters. The second-order valence-electron chi connectivity index (χ2n) is 3.97. The summed E-state index contributed by atoms with van der Waals surface area (Å²) < 4.78 is 43.1. The molecule has 0 saturated heterocycles. The molecule has 0 radical (unpaired) electrons. The number of alkyl halides is 3. The Morgan fingerprint density at radius 3 is 2.27 bits per heavy atom.